The van der Waals surface area contributed by atoms with Gasteiger partial charge in [-0.25, -0.2) is 4.79 Å². The zero-order valence-corrected chi connectivity index (χ0v) is 19.3. The van der Waals surface area contributed by atoms with Crippen LogP contribution in [0.1, 0.15) is 35.4 Å². The molecule has 0 saturated carbocycles. The fourth-order valence-corrected chi connectivity index (χ4v) is 4.97. The molecule has 1 aromatic carbocycles. The molecule has 1 unspecified atom stereocenters. The van der Waals surface area contributed by atoms with Crippen molar-refractivity contribution in [1.29, 1.82) is 5.26 Å². The first kappa shape index (κ1) is 23.0. The number of thiophene rings is 1. The second kappa shape index (κ2) is 9.75. The number of nitrogens with zero attached hydrogens (tertiary/aromatic N) is 2. The summed E-state index contributed by atoms with van der Waals surface area (Å²) in [5.41, 5.74) is 2.25. The first-order valence-corrected chi connectivity index (χ1v) is 11.5. The first-order chi connectivity index (χ1) is 15.8. The Bertz CT molecular complexity index is 1100. The number of hydrogen-bond donors (Lipinski definition) is 1. The summed E-state index contributed by atoms with van der Waals surface area (Å²) in [5.74, 6) is -0.981. The smallest absolute Gasteiger partial charge is 0.410 e. The number of nitrogens with one attached hydrogen (secondary N) is 1. The van der Waals surface area contributed by atoms with E-state index >= 15 is 0 Å². The van der Waals surface area contributed by atoms with Crippen LogP contribution in [0.15, 0.2) is 36.4 Å². The number of amides is 2. The van der Waals surface area contributed by atoms with Crippen molar-refractivity contribution >= 4 is 34.4 Å². The van der Waals surface area contributed by atoms with Gasteiger partial charge in [0.25, 0.3) is 0 Å². The van der Waals surface area contributed by atoms with E-state index in [1.54, 1.807) is 11.0 Å². The summed E-state index contributed by atoms with van der Waals surface area (Å²) in [5, 5.41) is 13.0. The van der Waals surface area contributed by atoms with Crippen LogP contribution in [0.2, 0.25) is 0 Å². The third-order valence-electron chi connectivity index (χ3n) is 5.35. The summed E-state index contributed by atoms with van der Waals surface area (Å²) in [6.45, 7) is 4.90. The summed E-state index contributed by atoms with van der Waals surface area (Å²) in [4.78, 5) is 27.4. The van der Waals surface area contributed by atoms with E-state index in [0.29, 0.717) is 36.7 Å². The van der Waals surface area contributed by atoms with Crippen molar-refractivity contribution in [3.63, 3.8) is 0 Å². The van der Waals surface area contributed by atoms with Crippen molar-refractivity contribution in [2.75, 3.05) is 25.1 Å². The van der Waals surface area contributed by atoms with Crippen molar-refractivity contribution in [3.8, 4) is 6.07 Å². The number of rotatable bonds is 5. The summed E-state index contributed by atoms with van der Waals surface area (Å²) < 4.78 is 16.6. The summed E-state index contributed by atoms with van der Waals surface area (Å²) in [6.07, 6.45) is 2.96. The summed E-state index contributed by atoms with van der Waals surface area (Å²) in [6, 6.07) is 11.7. The van der Waals surface area contributed by atoms with Crippen LogP contribution in [-0.2, 0) is 32.0 Å². The highest BCUT2D eigenvalue weighted by molar-refractivity contribution is 7.16. The van der Waals surface area contributed by atoms with Crippen LogP contribution in [0.4, 0.5) is 9.80 Å². The number of fused-ring (bicyclic) bond motifs is 1. The molecule has 3 heterocycles. The van der Waals surface area contributed by atoms with E-state index in [0.717, 1.165) is 16.0 Å². The van der Waals surface area contributed by atoms with Crippen LogP contribution in [0.5, 0.6) is 0 Å². The Morgan fingerprint density at radius 3 is 2.85 bits per heavy atom. The van der Waals surface area contributed by atoms with Crippen LogP contribution in [0.25, 0.3) is 6.08 Å². The molecule has 2 aromatic rings. The Balaban J connectivity index is 1.37. The molecule has 1 saturated heterocycles. The van der Waals surface area contributed by atoms with Crippen molar-refractivity contribution in [2.45, 2.75) is 38.7 Å². The average molecular weight is 468 g/mol. The van der Waals surface area contributed by atoms with Gasteiger partial charge in [0.1, 0.15) is 23.8 Å². The molecule has 2 amide bonds. The topological polar surface area (TPSA) is 101 Å². The molecule has 1 atom stereocenters. The van der Waals surface area contributed by atoms with Gasteiger partial charge in [0.2, 0.25) is 5.91 Å². The van der Waals surface area contributed by atoms with Crippen LogP contribution in [0.3, 0.4) is 0 Å². The van der Waals surface area contributed by atoms with Gasteiger partial charge in [-0.15, -0.1) is 11.3 Å². The van der Waals surface area contributed by atoms with Gasteiger partial charge in [-0.2, -0.15) is 5.26 Å². The molecule has 0 bridgehead atoms. The maximum Gasteiger partial charge on any atom is 0.410 e. The van der Waals surface area contributed by atoms with Crippen LogP contribution < -0.4 is 5.32 Å². The molecule has 9 heteroatoms. The standard InChI is InChI=1S/C24H25N3O5S/c1-24(2)31-15-17(32-24)14-30-23(29)27-11-10-18-19(12-25)22(33-20(18)13-27)26-21(28)9-8-16-6-4-3-5-7-16/h3-9,17H,10-11,13-15H2,1-2H3,(H,26,28). The van der Waals surface area contributed by atoms with E-state index in [1.165, 1.54) is 17.4 Å². The first-order valence-electron chi connectivity index (χ1n) is 10.7. The van der Waals surface area contributed by atoms with Gasteiger partial charge >= 0.3 is 6.09 Å². The molecule has 8 nitrogen and oxygen atoms in total. The third-order valence-corrected chi connectivity index (χ3v) is 6.48. The van der Waals surface area contributed by atoms with Crippen molar-refractivity contribution < 1.29 is 23.8 Å². The maximum atomic E-state index is 12.6. The zero-order chi connectivity index (χ0) is 23.4. The van der Waals surface area contributed by atoms with E-state index in [1.807, 2.05) is 44.2 Å². The highest BCUT2D eigenvalue weighted by Crippen LogP contribution is 2.37. The zero-order valence-electron chi connectivity index (χ0n) is 18.5. The average Bonchev–Trinajstić information content (AvgIpc) is 3.34. The minimum atomic E-state index is -0.668. The van der Waals surface area contributed by atoms with Crippen LogP contribution in [-0.4, -0.2) is 48.5 Å². The molecule has 33 heavy (non-hydrogen) atoms. The number of hydrogen-bond acceptors (Lipinski definition) is 7. The summed E-state index contributed by atoms with van der Waals surface area (Å²) in [7, 11) is 0. The maximum absolute atomic E-state index is 12.6. The van der Waals surface area contributed by atoms with E-state index in [4.69, 9.17) is 14.2 Å². The minimum Gasteiger partial charge on any atom is -0.447 e. The molecule has 2 aliphatic rings. The van der Waals surface area contributed by atoms with E-state index < -0.39 is 11.9 Å². The molecule has 0 spiro atoms. The minimum absolute atomic E-state index is 0.120. The van der Waals surface area contributed by atoms with Gasteiger partial charge in [-0.05, 0) is 37.5 Å². The molecular formula is C24H25N3O5S. The van der Waals surface area contributed by atoms with E-state index in [9.17, 15) is 14.9 Å². The molecule has 0 radical (unpaired) electrons. The Kier molecular flexibility index (Phi) is 6.79. The third kappa shape index (κ3) is 5.60. The normalized spacial score (nSPS) is 19.2. The molecular weight excluding hydrogens is 442 g/mol. The number of nitriles is 1. The predicted molar refractivity (Wildman–Crippen MR) is 124 cm³/mol. The predicted octanol–water partition coefficient (Wildman–Crippen LogP) is 3.92. The van der Waals surface area contributed by atoms with Crippen molar-refractivity contribution in [2.24, 2.45) is 0 Å². The lowest BCUT2D eigenvalue weighted by molar-refractivity contribution is -0.143. The van der Waals surface area contributed by atoms with Gasteiger partial charge in [0.15, 0.2) is 5.79 Å². The highest BCUT2D eigenvalue weighted by Gasteiger charge is 2.34. The van der Waals surface area contributed by atoms with Crippen LogP contribution in [0, 0.1) is 11.3 Å². The van der Waals surface area contributed by atoms with Gasteiger partial charge in [0.05, 0.1) is 18.7 Å². The highest BCUT2D eigenvalue weighted by atomic mass is 32.1. The second-order valence-electron chi connectivity index (χ2n) is 8.25. The summed E-state index contributed by atoms with van der Waals surface area (Å²) >= 11 is 1.32. The fraction of sp³-hybridized carbons (Fsp3) is 0.375. The molecule has 1 fully saturated rings. The number of carbonyl (C=O) groups is 2. The van der Waals surface area contributed by atoms with Crippen molar-refractivity contribution in [3.05, 3.63) is 58.0 Å². The van der Waals surface area contributed by atoms with Gasteiger partial charge in [0, 0.05) is 17.5 Å². The number of ether oxygens (including phenoxy) is 3. The SMILES string of the molecule is CC1(C)OCC(COC(=O)N2CCc3c(sc(NC(=O)C=Cc4ccccc4)c3C#N)C2)O1. The molecule has 172 valence electrons. The largest absolute Gasteiger partial charge is 0.447 e. The van der Waals surface area contributed by atoms with Gasteiger partial charge in [-0.1, -0.05) is 30.3 Å². The Hall–Kier alpha value is -3.19. The Morgan fingerprint density at radius 2 is 2.15 bits per heavy atom. The molecule has 1 aromatic heterocycles. The number of benzene rings is 1. The van der Waals surface area contributed by atoms with E-state index in [-0.39, 0.29) is 18.6 Å². The fourth-order valence-electron chi connectivity index (χ4n) is 3.76. The Morgan fingerprint density at radius 1 is 1.36 bits per heavy atom. The van der Waals surface area contributed by atoms with Crippen molar-refractivity contribution in [1.82, 2.24) is 4.90 Å². The Labute approximate surface area is 196 Å². The van der Waals surface area contributed by atoms with Gasteiger partial charge in [-0.3, -0.25) is 4.79 Å². The lowest BCUT2D eigenvalue weighted by Gasteiger charge is -2.26. The van der Waals surface area contributed by atoms with Crippen LogP contribution >= 0.6 is 11.3 Å². The number of carbonyl (C=O) groups excluding carboxylic acids is 2. The molecule has 2 aliphatic heterocycles. The van der Waals surface area contributed by atoms with Gasteiger partial charge < -0.3 is 24.4 Å². The monoisotopic (exact) mass is 467 g/mol. The molecule has 4 rings (SSSR count). The molecule has 0 aliphatic carbocycles. The lowest BCUT2D eigenvalue weighted by Crippen LogP contribution is -2.37. The lowest BCUT2D eigenvalue weighted by atomic mass is 10.0. The molecule has 1 N–H and O–H groups in total. The van der Waals surface area contributed by atoms with E-state index in [2.05, 4.69) is 11.4 Å². The second-order valence-corrected chi connectivity index (χ2v) is 9.36. The number of anilines is 1. The quantitative estimate of drug-likeness (QED) is 0.669.